The van der Waals surface area contributed by atoms with Crippen LogP contribution in [-0.2, 0) is 0 Å². The van der Waals surface area contributed by atoms with E-state index in [2.05, 4.69) is 25.7 Å². The second-order valence-corrected chi connectivity index (χ2v) is 4.70. The van der Waals surface area contributed by atoms with Crippen molar-refractivity contribution in [3.8, 4) is 0 Å². The van der Waals surface area contributed by atoms with Crippen LogP contribution in [0.25, 0.3) is 0 Å². The van der Waals surface area contributed by atoms with Crippen LogP contribution in [0.5, 0.6) is 0 Å². The first kappa shape index (κ1) is 17.6. The van der Waals surface area contributed by atoms with Crippen LogP contribution >= 0.6 is 0 Å². The fourth-order valence-electron chi connectivity index (χ4n) is 2.19. The molecule has 19 heavy (non-hydrogen) atoms. The van der Waals surface area contributed by atoms with Gasteiger partial charge in [-0.1, -0.05) is 38.5 Å². The number of aromatic carboxylic acids is 1. The maximum atomic E-state index is 10.8. The lowest BCUT2D eigenvalue weighted by molar-refractivity contribution is 0.0695. The average Bonchev–Trinajstić information content (AvgIpc) is 2.30. The molecule has 3 heteroatoms. The Balaban J connectivity index is 0.000000399. The average molecular weight is 265 g/mol. The first-order chi connectivity index (χ1) is 8.87. The van der Waals surface area contributed by atoms with Gasteiger partial charge in [0, 0.05) is 0 Å². The van der Waals surface area contributed by atoms with Crippen LogP contribution in [0, 0.1) is 20.8 Å². The minimum atomic E-state index is -0.843. The molecule has 0 heterocycles. The van der Waals surface area contributed by atoms with Crippen molar-refractivity contribution in [2.75, 3.05) is 19.6 Å². The zero-order chi connectivity index (χ0) is 15.0. The molecule has 0 atom stereocenters. The first-order valence-corrected chi connectivity index (χ1v) is 6.90. The van der Waals surface area contributed by atoms with E-state index in [1.807, 2.05) is 32.9 Å². The van der Waals surface area contributed by atoms with Crippen LogP contribution in [0.15, 0.2) is 12.1 Å². The molecule has 0 radical (unpaired) electrons. The summed E-state index contributed by atoms with van der Waals surface area (Å²) in [6, 6.07) is 3.77. The van der Waals surface area contributed by atoms with E-state index in [4.69, 9.17) is 5.11 Å². The van der Waals surface area contributed by atoms with Crippen LogP contribution in [-0.4, -0.2) is 35.6 Å². The summed E-state index contributed by atoms with van der Waals surface area (Å²) in [6.07, 6.45) is 0. The summed E-state index contributed by atoms with van der Waals surface area (Å²) in [6.45, 7) is 15.7. The number of rotatable bonds is 4. The lowest BCUT2D eigenvalue weighted by Gasteiger charge is -2.13. The van der Waals surface area contributed by atoms with Crippen LogP contribution in [0.4, 0.5) is 0 Å². The van der Waals surface area contributed by atoms with Crippen LogP contribution in [0.1, 0.15) is 47.8 Å². The molecule has 0 amide bonds. The Bertz CT molecular complexity index is 381. The third-order valence-electron chi connectivity index (χ3n) is 3.23. The van der Waals surface area contributed by atoms with E-state index in [-0.39, 0.29) is 0 Å². The Hall–Kier alpha value is -1.35. The smallest absolute Gasteiger partial charge is 0.336 e. The Kier molecular flexibility index (Phi) is 8.08. The highest BCUT2D eigenvalue weighted by molar-refractivity contribution is 5.91. The van der Waals surface area contributed by atoms with Crippen LogP contribution in [0.2, 0.25) is 0 Å². The van der Waals surface area contributed by atoms with E-state index < -0.39 is 5.97 Å². The van der Waals surface area contributed by atoms with E-state index in [0.717, 1.165) is 16.7 Å². The molecule has 0 aliphatic rings. The molecular weight excluding hydrogens is 238 g/mol. The minimum absolute atomic E-state index is 0.431. The molecule has 0 saturated heterocycles. The Labute approximate surface area is 117 Å². The zero-order valence-electron chi connectivity index (χ0n) is 13.1. The van der Waals surface area contributed by atoms with Crippen molar-refractivity contribution in [2.24, 2.45) is 0 Å². The van der Waals surface area contributed by atoms with Gasteiger partial charge in [-0.2, -0.15) is 0 Å². The molecule has 0 saturated carbocycles. The van der Waals surface area contributed by atoms with E-state index >= 15 is 0 Å². The van der Waals surface area contributed by atoms with E-state index in [1.165, 1.54) is 19.6 Å². The molecule has 0 unspecified atom stereocenters. The van der Waals surface area contributed by atoms with Crippen LogP contribution < -0.4 is 0 Å². The van der Waals surface area contributed by atoms with Gasteiger partial charge in [0.2, 0.25) is 0 Å². The summed E-state index contributed by atoms with van der Waals surface area (Å²) < 4.78 is 0. The Morgan fingerprint density at radius 2 is 1.37 bits per heavy atom. The minimum Gasteiger partial charge on any atom is -0.478 e. The number of hydrogen-bond donors (Lipinski definition) is 1. The molecule has 0 aromatic heterocycles. The molecule has 0 bridgehead atoms. The van der Waals surface area contributed by atoms with Crippen molar-refractivity contribution in [3.05, 3.63) is 34.4 Å². The molecule has 1 aromatic carbocycles. The number of benzene rings is 1. The summed E-state index contributed by atoms with van der Waals surface area (Å²) in [7, 11) is 0. The topological polar surface area (TPSA) is 40.5 Å². The van der Waals surface area contributed by atoms with Gasteiger partial charge in [-0.15, -0.1) is 0 Å². The monoisotopic (exact) mass is 265 g/mol. The summed E-state index contributed by atoms with van der Waals surface area (Å²) in [5, 5.41) is 8.84. The number of hydrogen-bond acceptors (Lipinski definition) is 2. The molecule has 3 nitrogen and oxygen atoms in total. The van der Waals surface area contributed by atoms with Gasteiger partial charge in [0.25, 0.3) is 0 Å². The molecule has 1 rings (SSSR count). The second-order valence-electron chi connectivity index (χ2n) is 4.70. The number of carboxylic acids is 1. The molecule has 0 fully saturated rings. The van der Waals surface area contributed by atoms with Gasteiger partial charge < -0.3 is 10.0 Å². The van der Waals surface area contributed by atoms with Crippen molar-refractivity contribution in [1.82, 2.24) is 4.90 Å². The molecule has 108 valence electrons. The highest BCUT2D eigenvalue weighted by atomic mass is 16.4. The number of carbonyl (C=O) groups is 1. The lowest BCUT2D eigenvalue weighted by atomic mass is 10.0. The van der Waals surface area contributed by atoms with Crippen molar-refractivity contribution in [2.45, 2.75) is 41.5 Å². The second kappa shape index (κ2) is 8.70. The largest absolute Gasteiger partial charge is 0.478 e. The Morgan fingerprint density at radius 1 is 1.00 bits per heavy atom. The molecular formula is C16H27NO2. The standard InChI is InChI=1S/C10H12O2.C6H15N/c1-6-4-7(2)9(10(11)12)8(3)5-6;1-4-7(5-2)6-3/h4-5H,1-3H3,(H,11,12);4-6H2,1-3H3. The highest BCUT2D eigenvalue weighted by Crippen LogP contribution is 2.15. The Morgan fingerprint density at radius 3 is 1.58 bits per heavy atom. The van der Waals surface area contributed by atoms with Gasteiger partial charge in [0.1, 0.15) is 0 Å². The summed E-state index contributed by atoms with van der Waals surface area (Å²) in [4.78, 5) is 13.1. The van der Waals surface area contributed by atoms with Crippen molar-refractivity contribution in [3.63, 3.8) is 0 Å². The maximum Gasteiger partial charge on any atom is 0.336 e. The predicted molar refractivity (Wildman–Crippen MR) is 81.1 cm³/mol. The van der Waals surface area contributed by atoms with Gasteiger partial charge in [-0.3, -0.25) is 0 Å². The molecule has 1 N–H and O–H groups in total. The van der Waals surface area contributed by atoms with E-state index in [1.54, 1.807) is 0 Å². The lowest BCUT2D eigenvalue weighted by Crippen LogP contribution is -2.21. The van der Waals surface area contributed by atoms with Gasteiger partial charge in [-0.25, -0.2) is 4.79 Å². The number of nitrogens with zero attached hydrogens (tertiary/aromatic N) is 1. The van der Waals surface area contributed by atoms with E-state index in [0.29, 0.717) is 5.56 Å². The van der Waals surface area contributed by atoms with Crippen molar-refractivity contribution in [1.29, 1.82) is 0 Å². The summed E-state index contributed by atoms with van der Waals surface area (Å²) in [5.74, 6) is -0.843. The first-order valence-electron chi connectivity index (χ1n) is 6.90. The SMILES string of the molecule is CCN(CC)CC.Cc1cc(C)c(C(=O)O)c(C)c1. The molecule has 0 aliphatic carbocycles. The highest BCUT2D eigenvalue weighted by Gasteiger charge is 2.09. The van der Waals surface area contributed by atoms with Gasteiger partial charge in [-0.05, 0) is 51.5 Å². The van der Waals surface area contributed by atoms with E-state index in [9.17, 15) is 4.79 Å². The fourth-order valence-corrected chi connectivity index (χ4v) is 2.19. The third-order valence-corrected chi connectivity index (χ3v) is 3.23. The molecule has 0 aliphatic heterocycles. The molecule has 1 aromatic rings. The van der Waals surface area contributed by atoms with Crippen LogP contribution in [0.3, 0.4) is 0 Å². The van der Waals surface area contributed by atoms with Gasteiger partial charge in [0.15, 0.2) is 0 Å². The summed E-state index contributed by atoms with van der Waals surface area (Å²) in [5.41, 5.74) is 3.20. The number of carboxylic acid groups (broad SMARTS) is 1. The molecule has 0 spiro atoms. The van der Waals surface area contributed by atoms with Crippen molar-refractivity contribution < 1.29 is 9.90 Å². The van der Waals surface area contributed by atoms with Crippen molar-refractivity contribution >= 4 is 5.97 Å². The normalized spacial score (nSPS) is 10.1. The quantitative estimate of drug-likeness (QED) is 0.903. The maximum absolute atomic E-state index is 10.8. The fraction of sp³-hybridized carbons (Fsp3) is 0.562. The third kappa shape index (κ3) is 5.88. The van der Waals surface area contributed by atoms with Gasteiger partial charge in [0.05, 0.1) is 5.56 Å². The van der Waals surface area contributed by atoms with Gasteiger partial charge >= 0.3 is 5.97 Å². The predicted octanol–water partition coefficient (Wildman–Crippen LogP) is 3.66. The zero-order valence-corrected chi connectivity index (χ0v) is 13.1. The summed E-state index contributed by atoms with van der Waals surface area (Å²) >= 11 is 0. The number of aryl methyl sites for hydroxylation is 3.